The van der Waals surface area contributed by atoms with Gasteiger partial charge in [-0.15, -0.1) is 0 Å². The lowest BCUT2D eigenvalue weighted by Gasteiger charge is -2.11. The normalized spacial score (nSPS) is 10.7. The molecule has 2 aromatic rings. The molecule has 0 unspecified atom stereocenters. The molecule has 0 heterocycles. The summed E-state index contributed by atoms with van der Waals surface area (Å²) in [7, 11) is 1.45. The molecule has 8 heteroatoms. The van der Waals surface area contributed by atoms with Crippen molar-refractivity contribution in [3.05, 3.63) is 69.4 Å². The van der Waals surface area contributed by atoms with Crippen molar-refractivity contribution in [1.29, 1.82) is 0 Å². The van der Waals surface area contributed by atoms with Gasteiger partial charge < -0.3 is 0 Å². The third-order valence-corrected chi connectivity index (χ3v) is 3.65. The van der Waals surface area contributed by atoms with Gasteiger partial charge in [-0.3, -0.25) is 14.8 Å². The first-order valence-corrected chi connectivity index (χ1v) is 7.53. The number of benzene rings is 2. The van der Waals surface area contributed by atoms with Gasteiger partial charge in [0, 0.05) is 28.2 Å². The van der Waals surface area contributed by atoms with Gasteiger partial charge in [-0.05, 0) is 42.5 Å². The molecule has 0 bridgehead atoms. The Hall–Kier alpha value is -2.58. The second-order valence-corrected chi connectivity index (χ2v) is 5.67. The summed E-state index contributed by atoms with van der Waals surface area (Å²) in [6.45, 7) is 0. The highest BCUT2D eigenvalue weighted by molar-refractivity contribution is 9.10. The zero-order valence-corrected chi connectivity index (χ0v) is 14.1. The molecular formula is C16H13BrFN3O3. The molecule has 2 rings (SSSR count). The van der Waals surface area contributed by atoms with Gasteiger partial charge in [-0.1, -0.05) is 15.9 Å². The fourth-order valence-corrected chi connectivity index (χ4v) is 2.08. The zero-order valence-electron chi connectivity index (χ0n) is 12.5. The molecule has 24 heavy (non-hydrogen) atoms. The minimum atomic E-state index is -0.820. The Balaban J connectivity index is 2.13. The van der Waals surface area contributed by atoms with Crippen molar-refractivity contribution in [3.63, 3.8) is 0 Å². The molecule has 0 radical (unpaired) electrons. The summed E-state index contributed by atoms with van der Waals surface area (Å²) < 4.78 is 14.8. The lowest BCUT2D eigenvalue weighted by molar-refractivity contribution is 0.0705. The number of carbonyl (C=O) groups is 2. The summed E-state index contributed by atoms with van der Waals surface area (Å²) in [5.74, 6) is -1.88. The summed E-state index contributed by atoms with van der Waals surface area (Å²) in [6, 6.07) is 10.4. The van der Waals surface area contributed by atoms with Gasteiger partial charge in [-0.25, -0.2) is 14.9 Å². The van der Waals surface area contributed by atoms with Crippen molar-refractivity contribution >= 4 is 34.0 Å². The van der Waals surface area contributed by atoms with Crippen LogP contribution in [0.1, 0.15) is 26.3 Å². The number of rotatable bonds is 4. The van der Waals surface area contributed by atoms with Gasteiger partial charge in [0.25, 0.3) is 11.8 Å². The number of amides is 2. The van der Waals surface area contributed by atoms with E-state index in [9.17, 15) is 14.0 Å². The first-order chi connectivity index (χ1) is 11.4. The van der Waals surface area contributed by atoms with Gasteiger partial charge in [0.2, 0.25) is 0 Å². The first kappa shape index (κ1) is 17.8. The largest absolute Gasteiger partial charge is 0.288 e. The van der Waals surface area contributed by atoms with Gasteiger partial charge >= 0.3 is 0 Å². The molecule has 2 N–H and O–H groups in total. The van der Waals surface area contributed by atoms with Crippen molar-refractivity contribution in [2.45, 2.75) is 0 Å². The van der Waals surface area contributed by atoms with Crippen molar-refractivity contribution in [1.82, 2.24) is 10.5 Å². The van der Waals surface area contributed by atoms with Gasteiger partial charge in [0.15, 0.2) is 0 Å². The lowest BCUT2D eigenvalue weighted by Crippen LogP contribution is -2.21. The average Bonchev–Trinajstić information content (AvgIpc) is 2.59. The van der Waals surface area contributed by atoms with Crippen molar-refractivity contribution in [2.24, 2.45) is 5.10 Å². The maximum atomic E-state index is 13.9. The molecule has 0 atom stereocenters. The van der Waals surface area contributed by atoms with Crippen LogP contribution >= 0.6 is 15.9 Å². The van der Waals surface area contributed by atoms with E-state index in [-0.39, 0.29) is 17.0 Å². The van der Waals surface area contributed by atoms with E-state index in [1.165, 1.54) is 30.9 Å². The fourth-order valence-electron chi connectivity index (χ4n) is 1.82. The van der Waals surface area contributed by atoms with Gasteiger partial charge in [-0.2, -0.15) is 5.10 Å². The second kappa shape index (κ2) is 7.80. The maximum absolute atomic E-state index is 13.9. The second-order valence-electron chi connectivity index (χ2n) is 4.76. The standard InChI is InChI=1S/C16H13BrFN3O3/c1-21(16(23)10-4-6-13(17)7-5-10)19-9-12-3-2-11(8-14(12)18)15(22)20-24/h2-9,24H,1H3,(H,20,22)/b19-9+. The zero-order chi connectivity index (χ0) is 17.7. The molecule has 6 nitrogen and oxygen atoms in total. The van der Waals surface area contributed by atoms with E-state index < -0.39 is 11.7 Å². The summed E-state index contributed by atoms with van der Waals surface area (Å²) in [5.41, 5.74) is 1.92. The molecule has 2 aromatic carbocycles. The number of halogens is 2. The number of hydrogen-bond acceptors (Lipinski definition) is 4. The summed E-state index contributed by atoms with van der Waals surface area (Å²) in [5, 5.41) is 13.5. The van der Waals surface area contributed by atoms with Gasteiger partial charge in [0.05, 0.1) is 6.21 Å². The SMILES string of the molecule is CN(/N=C/c1ccc(C(=O)NO)cc1F)C(=O)c1ccc(Br)cc1. The third-order valence-electron chi connectivity index (χ3n) is 3.12. The Kier molecular flexibility index (Phi) is 5.78. The molecule has 124 valence electrons. The van der Waals surface area contributed by atoms with Crippen LogP contribution in [0.2, 0.25) is 0 Å². The Morgan fingerprint density at radius 2 is 1.83 bits per heavy atom. The highest BCUT2D eigenvalue weighted by Crippen LogP contribution is 2.13. The van der Waals surface area contributed by atoms with Crippen LogP contribution in [-0.4, -0.2) is 35.3 Å². The topological polar surface area (TPSA) is 82.0 Å². The van der Waals surface area contributed by atoms with Crippen LogP contribution in [-0.2, 0) is 0 Å². The van der Waals surface area contributed by atoms with Crippen LogP contribution < -0.4 is 5.48 Å². The number of nitrogens with zero attached hydrogens (tertiary/aromatic N) is 2. The van der Waals surface area contributed by atoms with E-state index in [0.29, 0.717) is 5.56 Å². The highest BCUT2D eigenvalue weighted by Gasteiger charge is 2.11. The van der Waals surface area contributed by atoms with Crippen LogP contribution in [0, 0.1) is 5.82 Å². The first-order valence-electron chi connectivity index (χ1n) is 6.74. The minimum absolute atomic E-state index is 0.0357. The fraction of sp³-hybridized carbons (Fsp3) is 0.0625. The van der Waals surface area contributed by atoms with Crippen LogP contribution in [0.3, 0.4) is 0 Å². The molecule has 0 aliphatic rings. The van der Waals surface area contributed by atoms with E-state index in [4.69, 9.17) is 5.21 Å². The van der Waals surface area contributed by atoms with E-state index in [2.05, 4.69) is 21.0 Å². The Morgan fingerprint density at radius 3 is 2.42 bits per heavy atom. The number of carbonyl (C=O) groups excluding carboxylic acids is 2. The van der Waals surface area contributed by atoms with Crippen molar-refractivity contribution < 1.29 is 19.2 Å². The van der Waals surface area contributed by atoms with Gasteiger partial charge in [0.1, 0.15) is 5.82 Å². The maximum Gasteiger partial charge on any atom is 0.274 e. The van der Waals surface area contributed by atoms with Crippen LogP contribution in [0.25, 0.3) is 0 Å². The molecule has 0 fully saturated rings. The molecule has 0 spiro atoms. The molecule has 0 aliphatic carbocycles. The molecule has 2 amide bonds. The van der Waals surface area contributed by atoms with Crippen molar-refractivity contribution in [3.8, 4) is 0 Å². The molecular weight excluding hydrogens is 381 g/mol. The third kappa shape index (κ3) is 4.24. The van der Waals surface area contributed by atoms with Crippen LogP contribution in [0.4, 0.5) is 4.39 Å². The Bertz CT molecular complexity index is 794. The number of hydroxylamine groups is 1. The van der Waals surface area contributed by atoms with E-state index in [1.807, 2.05) is 0 Å². The Labute approximate surface area is 145 Å². The summed E-state index contributed by atoms with van der Waals surface area (Å²) in [4.78, 5) is 23.4. The average molecular weight is 394 g/mol. The van der Waals surface area contributed by atoms with Crippen LogP contribution in [0.5, 0.6) is 0 Å². The smallest absolute Gasteiger partial charge is 0.274 e. The van der Waals surface area contributed by atoms with Crippen LogP contribution in [0.15, 0.2) is 52.0 Å². The van der Waals surface area contributed by atoms with Crippen molar-refractivity contribution in [2.75, 3.05) is 7.05 Å². The minimum Gasteiger partial charge on any atom is -0.288 e. The molecule has 0 aromatic heterocycles. The number of hydrogen-bond donors (Lipinski definition) is 2. The summed E-state index contributed by atoms with van der Waals surface area (Å²) >= 11 is 3.28. The predicted octanol–water partition coefficient (Wildman–Crippen LogP) is 2.81. The van der Waals surface area contributed by atoms with E-state index in [0.717, 1.165) is 15.5 Å². The highest BCUT2D eigenvalue weighted by atomic mass is 79.9. The Morgan fingerprint density at radius 1 is 1.21 bits per heavy atom. The van der Waals surface area contributed by atoms with E-state index in [1.54, 1.807) is 24.3 Å². The number of hydrazone groups is 1. The molecule has 0 saturated carbocycles. The molecule has 0 aliphatic heterocycles. The molecule has 0 saturated heterocycles. The monoisotopic (exact) mass is 393 g/mol. The van der Waals surface area contributed by atoms with E-state index >= 15 is 0 Å². The quantitative estimate of drug-likeness (QED) is 0.476. The summed E-state index contributed by atoms with van der Waals surface area (Å²) in [6.07, 6.45) is 1.17. The lowest BCUT2D eigenvalue weighted by atomic mass is 10.1. The number of nitrogens with one attached hydrogen (secondary N) is 1. The predicted molar refractivity (Wildman–Crippen MR) is 89.5 cm³/mol.